The number of nitrogens with zero attached hydrogens (tertiary/aromatic N) is 1. The highest BCUT2D eigenvalue weighted by Crippen LogP contribution is 2.31. The van der Waals surface area contributed by atoms with Crippen molar-refractivity contribution in [2.45, 2.75) is 19.9 Å². The van der Waals surface area contributed by atoms with E-state index >= 15 is 0 Å². The van der Waals surface area contributed by atoms with Crippen LogP contribution in [0.25, 0.3) is 0 Å². The maximum atomic E-state index is 12.5. The summed E-state index contributed by atoms with van der Waals surface area (Å²) in [5, 5.41) is 2.81. The highest BCUT2D eigenvalue weighted by Gasteiger charge is 2.36. The third-order valence-corrected chi connectivity index (χ3v) is 4.07. The number of hydrogen-bond acceptors (Lipinski definition) is 5. The van der Waals surface area contributed by atoms with Gasteiger partial charge in [0, 0.05) is 12.2 Å². The number of esters is 2. The van der Waals surface area contributed by atoms with E-state index in [0.29, 0.717) is 22.4 Å². The van der Waals surface area contributed by atoms with E-state index in [2.05, 4.69) is 16.6 Å². The van der Waals surface area contributed by atoms with E-state index in [1.54, 1.807) is 44.2 Å². The van der Waals surface area contributed by atoms with Crippen molar-refractivity contribution in [2.24, 2.45) is 0 Å². The summed E-state index contributed by atoms with van der Waals surface area (Å²) in [6.45, 7) is 7.55. The highest BCUT2D eigenvalue weighted by molar-refractivity contribution is 5.95. The smallest absolute Gasteiger partial charge is 0.338 e. The van der Waals surface area contributed by atoms with Gasteiger partial charge in [-0.05, 0) is 31.5 Å². The molecular weight excluding hydrogens is 336 g/mol. The number of carbonyl (C=O) groups excluding carboxylic acids is 3. The lowest BCUT2D eigenvalue weighted by Crippen LogP contribution is -2.48. The number of rotatable bonds is 6. The molecule has 0 aromatic heterocycles. The molecule has 0 saturated heterocycles. The quantitative estimate of drug-likeness (QED) is 0.624. The molecule has 0 aliphatic carbocycles. The van der Waals surface area contributed by atoms with Crippen molar-refractivity contribution in [2.75, 3.05) is 20.3 Å². The van der Waals surface area contributed by atoms with Gasteiger partial charge in [0.1, 0.15) is 0 Å². The molecule has 1 aromatic rings. The molecule has 7 heteroatoms. The second-order valence-electron chi connectivity index (χ2n) is 5.61. The molecule has 1 heterocycles. The number of ether oxygens (including phenoxy) is 2. The molecule has 1 aromatic carbocycles. The number of methoxy groups -OCH3 is 1. The first kappa shape index (κ1) is 19.2. The minimum Gasteiger partial charge on any atom is -0.465 e. The molecule has 7 nitrogen and oxygen atoms in total. The number of nitrogens with one attached hydrogen (secondary N) is 1. The van der Waals surface area contributed by atoms with Gasteiger partial charge in [0.05, 0.1) is 30.9 Å². The summed E-state index contributed by atoms with van der Waals surface area (Å²) in [5.41, 5.74) is 1.89. The summed E-state index contributed by atoms with van der Waals surface area (Å²) in [6.07, 6.45) is 1.58. The predicted octanol–water partition coefficient (Wildman–Crippen LogP) is 2.56. The molecule has 138 valence electrons. The van der Waals surface area contributed by atoms with E-state index < -0.39 is 18.0 Å². The van der Waals surface area contributed by atoms with E-state index in [4.69, 9.17) is 4.74 Å². The molecule has 0 bridgehead atoms. The first-order valence-corrected chi connectivity index (χ1v) is 8.19. The molecule has 1 atom stereocenters. The van der Waals surface area contributed by atoms with Crippen molar-refractivity contribution in [3.63, 3.8) is 0 Å². The molecule has 0 unspecified atom stereocenters. The lowest BCUT2D eigenvalue weighted by molar-refractivity contribution is -0.139. The van der Waals surface area contributed by atoms with Gasteiger partial charge in [-0.1, -0.05) is 18.2 Å². The minimum atomic E-state index is -0.672. The Morgan fingerprint density at radius 2 is 1.92 bits per heavy atom. The Labute approximate surface area is 152 Å². The van der Waals surface area contributed by atoms with Crippen molar-refractivity contribution < 1.29 is 23.9 Å². The van der Waals surface area contributed by atoms with Crippen molar-refractivity contribution >= 4 is 18.0 Å². The maximum Gasteiger partial charge on any atom is 0.338 e. The van der Waals surface area contributed by atoms with Gasteiger partial charge in [-0.2, -0.15) is 0 Å². The third-order valence-electron chi connectivity index (χ3n) is 4.07. The van der Waals surface area contributed by atoms with Gasteiger partial charge >= 0.3 is 18.0 Å². The highest BCUT2D eigenvalue weighted by atomic mass is 16.5. The summed E-state index contributed by atoms with van der Waals surface area (Å²) in [5.74, 6) is -0.958. The number of hydrogen-bond donors (Lipinski definition) is 1. The van der Waals surface area contributed by atoms with Crippen LogP contribution in [0.15, 0.2) is 48.2 Å². The first-order valence-electron chi connectivity index (χ1n) is 8.19. The Hall–Kier alpha value is -3.09. The lowest BCUT2D eigenvalue weighted by Gasteiger charge is -2.34. The Balaban J connectivity index is 2.47. The largest absolute Gasteiger partial charge is 0.465 e. The number of benzene rings is 1. The van der Waals surface area contributed by atoms with Gasteiger partial charge in [0.2, 0.25) is 0 Å². The van der Waals surface area contributed by atoms with E-state index in [9.17, 15) is 14.4 Å². The van der Waals surface area contributed by atoms with Crippen LogP contribution >= 0.6 is 0 Å². The number of amides is 2. The van der Waals surface area contributed by atoms with Crippen molar-refractivity contribution in [1.29, 1.82) is 0 Å². The summed E-state index contributed by atoms with van der Waals surface area (Å²) < 4.78 is 9.85. The number of carbonyl (C=O) groups is 3. The van der Waals surface area contributed by atoms with Crippen LogP contribution in [0.1, 0.15) is 35.8 Å². The molecule has 2 amide bonds. The molecule has 0 fully saturated rings. The van der Waals surface area contributed by atoms with E-state index in [-0.39, 0.29) is 19.2 Å². The second-order valence-corrected chi connectivity index (χ2v) is 5.61. The van der Waals surface area contributed by atoms with Crippen LogP contribution in [0, 0.1) is 0 Å². The van der Waals surface area contributed by atoms with Crippen LogP contribution in [-0.2, 0) is 14.3 Å². The zero-order valence-electron chi connectivity index (χ0n) is 15.1. The molecule has 0 spiro atoms. The van der Waals surface area contributed by atoms with Gasteiger partial charge in [-0.15, -0.1) is 6.58 Å². The molecule has 1 N–H and O–H groups in total. The van der Waals surface area contributed by atoms with Crippen LogP contribution < -0.4 is 5.32 Å². The molecule has 26 heavy (non-hydrogen) atoms. The summed E-state index contributed by atoms with van der Waals surface area (Å²) >= 11 is 0. The zero-order chi connectivity index (χ0) is 19.3. The van der Waals surface area contributed by atoms with Gasteiger partial charge < -0.3 is 14.8 Å². The molecule has 0 radical (unpaired) electrons. The van der Waals surface area contributed by atoms with Gasteiger partial charge in [-0.25, -0.2) is 14.4 Å². The van der Waals surface area contributed by atoms with Crippen molar-refractivity contribution in [1.82, 2.24) is 10.2 Å². The normalized spacial score (nSPS) is 16.8. The van der Waals surface area contributed by atoms with Crippen LogP contribution in [0.5, 0.6) is 0 Å². The summed E-state index contributed by atoms with van der Waals surface area (Å²) in [6, 6.07) is 5.51. The lowest BCUT2D eigenvalue weighted by atomic mass is 9.94. The van der Waals surface area contributed by atoms with Gasteiger partial charge in [0.15, 0.2) is 0 Å². The van der Waals surface area contributed by atoms with E-state index in [0.717, 1.165) is 0 Å². The molecule has 1 aliphatic heterocycles. The minimum absolute atomic E-state index is 0.221. The van der Waals surface area contributed by atoms with Gasteiger partial charge in [0.25, 0.3) is 0 Å². The average molecular weight is 358 g/mol. The van der Waals surface area contributed by atoms with Crippen molar-refractivity contribution in [3.05, 3.63) is 59.3 Å². The molecular formula is C19H22N2O5. The third kappa shape index (κ3) is 3.77. The fourth-order valence-electron chi connectivity index (χ4n) is 2.78. The number of urea groups is 1. The molecule has 2 rings (SSSR count). The second kappa shape index (κ2) is 8.33. The number of allylic oxidation sites excluding steroid dienone is 1. The maximum absolute atomic E-state index is 12.5. The van der Waals surface area contributed by atoms with Crippen LogP contribution in [-0.4, -0.2) is 43.1 Å². The van der Waals surface area contributed by atoms with Gasteiger partial charge in [-0.3, -0.25) is 4.90 Å². The molecule has 0 saturated carbocycles. The van der Waals surface area contributed by atoms with E-state index in [1.165, 1.54) is 12.0 Å². The average Bonchev–Trinajstić information content (AvgIpc) is 2.64. The van der Waals surface area contributed by atoms with Crippen molar-refractivity contribution in [3.8, 4) is 0 Å². The standard InChI is InChI=1S/C19H22N2O5/c1-5-11-21-12(3)15(18(23)26-6-2)16(20-19(21)24)13-7-9-14(10-8-13)17(22)25-4/h5,7-10,16H,1,6,11H2,2-4H3,(H,20,24)/t16-/m0/s1. The van der Waals surface area contributed by atoms with Crippen LogP contribution in [0.2, 0.25) is 0 Å². The van der Waals surface area contributed by atoms with Crippen LogP contribution in [0.4, 0.5) is 4.79 Å². The first-order chi connectivity index (χ1) is 12.4. The SMILES string of the molecule is C=CCN1C(=O)N[C@@H](c2ccc(C(=O)OC)cc2)C(C(=O)OCC)=C1C. The topological polar surface area (TPSA) is 84.9 Å². The molecule has 1 aliphatic rings. The fourth-order valence-corrected chi connectivity index (χ4v) is 2.78. The Kier molecular flexibility index (Phi) is 6.16. The van der Waals surface area contributed by atoms with E-state index in [1.807, 2.05) is 0 Å². The summed E-state index contributed by atoms with van der Waals surface area (Å²) in [4.78, 5) is 38.0. The predicted molar refractivity (Wildman–Crippen MR) is 95.3 cm³/mol. The Morgan fingerprint density at radius 1 is 1.27 bits per heavy atom. The Bertz CT molecular complexity index is 752. The monoisotopic (exact) mass is 358 g/mol. The van der Waals surface area contributed by atoms with Crippen LogP contribution in [0.3, 0.4) is 0 Å². The Morgan fingerprint density at radius 3 is 2.46 bits per heavy atom. The zero-order valence-corrected chi connectivity index (χ0v) is 15.1. The summed E-state index contributed by atoms with van der Waals surface area (Å²) in [7, 11) is 1.30. The fraction of sp³-hybridized carbons (Fsp3) is 0.316.